The fourth-order valence-corrected chi connectivity index (χ4v) is 2.05. The molecule has 2 aromatic carbocycles. The van der Waals surface area contributed by atoms with Crippen molar-refractivity contribution >= 4 is 10.9 Å². The molecule has 1 aromatic heterocycles. The molecule has 2 nitrogen and oxygen atoms in total. The van der Waals surface area contributed by atoms with E-state index in [1.165, 1.54) is 22.1 Å². The van der Waals surface area contributed by atoms with Crippen LogP contribution in [0.4, 0.5) is 0 Å². The molecule has 78 valence electrons. The summed E-state index contributed by atoms with van der Waals surface area (Å²) in [6.07, 6.45) is 1.87. The molecule has 0 unspecified atom stereocenters. The highest BCUT2D eigenvalue weighted by Crippen LogP contribution is 2.28. The first kappa shape index (κ1) is 9.16. The number of hydrogen-bond donors (Lipinski definition) is 1. The number of H-pyrrole nitrogens is 1. The van der Waals surface area contributed by atoms with E-state index < -0.39 is 0 Å². The predicted octanol–water partition coefficient (Wildman–Crippen LogP) is 3.54. The van der Waals surface area contributed by atoms with E-state index in [1.54, 1.807) is 0 Å². The smallest absolute Gasteiger partial charge is 0.0728 e. The number of hydrogen-bond acceptors (Lipinski definition) is 1. The zero-order chi connectivity index (χ0) is 11.0. The summed E-state index contributed by atoms with van der Waals surface area (Å²) in [5.74, 6) is 0. The fourth-order valence-electron chi connectivity index (χ4n) is 2.05. The number of rotatable bonds is 1. The van der Waals surface area contributed by atoms with Crippen LogP contribution in [0.5, 0.6) is 0 Å². The van der Waals surface area contributed by atoms with Crippen molar-refractivity contribution in [3.63, 3.8) is 0 Å². The van der Waals surface area contributed by atoms with Gasteiger partial charge in [0.2, 0.25) is 0 Å². The van der Waals surface area contributed by atoms with Crippen molar-refractivity contribution in [3.8, 4) is 11.1 Å². The monoisotopic (exact) mass is 208 g/mol. The maximum Gasteiger partial charge on any atom is 0.0728 e. The van der Waals surface area contributed by atoms with Gasteiger partial charge < -0.3 is 0 Å². The molecule has 0 aliphatic rings. The molecule has 1 N–H and O–H groups in total. The van der Waals surface area contributed by atoms with Crippen molar-refractivity contribution in [2.45, 2.75) is 6.92 Å². The van der Waals surface area contributed by atoms with E-state index in [0.29, 0.717) is 0 Å². The first-order valence-electron chi connectivity index (χ1n) is 5.34. The molecule has 0 bridgehead atoms. The summed E-state index contributed by atoms with van der Waals surface area (Å²) in [4.78, 5) is 0. The zero-order valence-corrected chi connectivity index (χ0v) is 9.07. The van der Waals surface area contributed by atoms with Crippen LogP contribution < -0.4 is 0 Å². The lowest BCUT2D eigenvalue weighted by molar-refractivity contribution is 1.12. The molecule has 0 radical (unpaired) electrons. The van der Waals surface area contributed by atoms with Crippen LogP contribution >= 0.6 is 0 Å². The maximum absolute atomic E-state index is 4.10. The Hall–Kier alpha value is -2.09. The lowest BCUT2D eigenvalue weighted by Gasteiger charge is -2.04. The minimum atomic E-state index is 1.11. The molecule has 0 saturated carbocycles. The third-order valence-electron chi connectivity index (χ3n) is 2.78. The Bertz CT molecular complexity index is 624. The molecule has 1 heterocycles. The van der Waals surface area contributed by atoms with E-state index in [0.717, 1.165) is 5.52 Å². The van der Waals surface area contributed by atoms with Crippen LogP contribution in [-0.2, 0) is 0 Å². The van der Waals surface area contributed by atoms with Gasteiger partial charge in [-0.25, -0.2) is 0 Å². The van der Waals surface area contributed by atoms with Crippen LogP contribution in [0.25, 0.3) is 22.0 Å². The molecule has 0 fully saturated rings. The van der Waals surface area contributed by atoms with E-state index in [9.17, 15) is 0 Å². The summed E-state index contributed by atoms with van der Waals surface area (Å²) in [5, 5.41) is 8.33. The highest BCUT2D eigenvalue weighted by molar-refractivity contribution is 5.93. The number of nitrogens with one attached hydrogen (secondary N) is 1. The number of aryl methyl sites for hydroxylation is 1. The Labute approximate surface area is 93.9 Å². The summed E-state index contributed by atoms with van der Waals surface area (Å²) < 4.78 is 0. The third kappa shape index (κ3) is 1.39. The average Bonchev–Trinajstić information content (AvgIpc) is 2.77. The second-order valence-corrected chi connectivity index (χ2v) is 4.01. The van der Waals surface area contributed by atoms with Crippen molar-refractivity contribution in [1.29, 1.82) is 0 Å². The first-order chi connectivity index (χ1) is 7.84. The van der Waals surface area contributed by atoms with Gasteiger partial charge in [0.25, 0.3) is 0 Å². The van der Waals surface area contributed by atoms with Crippen LogP contribution in [0.3, 0.4) is 0 Å². The predicted molar refractivity (Wildman–Crippen MR) is 66.3 cm³/mol. The van der Waals surface area contributed by atoms with E-state index in [2.05, 4.69) is 53.5 Å². The van der Waals surface area contributed by atoms with Gasteiger partial charge in [-0.3, -0.25) is 5.10 Å². The fraction of sp³-hybridized carbons (Fsp3) is 0.0714. The second kappa shape index (κ2) is 3.49. The lowest BCUT2D eigenvalue weighted by atomic mass is 10.0. The number of aromatic nitrogens is 2. The van der Waals surface area contributed by atoms with Crippen LogP contribution in [0, 0.1) is 6.92 Å². The quantitative estimate of drug-likeness (QED) is 0.651. The van der Waals surface area contributed by atoms with Gasteiger partial charge in [-0.05, 0) is 30.2 Å². The van der Waals surface area contributed by atoms with Crippen LogP contribution in [0.1, 0.15) is 5.56 Å². The molecule has 0 saturated heterocycles. The molecular formula is C14H12N2. The number of aromatic amines is 1. The van der Waals surface area contributed by atoms with Crippen LogP contribution in [-0.4, -0.2) is 10.2 Å². The largest absolute Gasteiger partial charge is 0.277 e. The van der Waals surface area contributed by atoms with Gasteiger partial charge in [-0.15, -0.1) is 0 Å². The normalized spacial score (nSPS) is 10.8. The van der Waals surface area contributed by atoms with Gasteiger partial charge in [0.05, 0.1) is 11.7 Å². The lowest BCUT2D eigenvalue weighted by Crippen LogP contribution is -1.82. The summed E-state index contributed by atoms with van der Waals surface area (Å²) in [5.41, 5.74) is 4.80. The minimum absolute atomic E-state index is 1.11. The summed E-state index contributed by atoms with van der Waals surface area (Å²) in [7, 11) is 0. The second-order valence-electron chi connectivity index (χ2n) is 4.01. The van der Waals surface area contributed by atoms with Crippen LogP contribution in [0.2, 0.25) is 0 Å². The Morgan fingerprint density at radius 2 is 1.88 bits per heavy atom. The maximum atomic E-state index is 4.10. The van der Waals surface area contributed by atoms with Crippen LogP contribution in [0.15, 0.2) is 48.7 Å². The van der Waals surface area contributed by atoms with Gasteiger partial charge >= 0.3 is 0 Å². The number of nitrogens with zero attached hydrogens (tertiary/aromatic N) is 1. The van der Waals surface area contributed by atoms with Crippen molar-refractivity contribution in [1.82, 2.24) is 10.2 Å². The summed E-state index contributed by atoms with van der Waals surface area (Å²) >= 11 is 0. The van der Waals surface area contributed by atoms with Gasteiger partial charge in [0, 0.05) is 10.9 Å². The molecule has 16 heavy (non-hydrogen) atoms. The Balaban J connectivity index is 2.34. The van der Waals surface area contributed by atoms with Crippen molar-refractivity contribution in [2.24, 2.45) is 0 Å². The van der Waals surface area contributed by atoms with E-state index >= 15 is 0 Å². The SMILES string of the molecule is Cc1cc(-c2ccccc2)c2[nH]ncc2c1. The average molecular weight is 208 g/mol. The van der Waals surface area contributed by atoms with Crippen molar-refractivity contribution < 1.29 is 0 Å². The molecule has 0 aliphatic heterocycles. The Kier molecular flexibility index (Phi) is 2.00. The molecule has 0 aliphatic carbocycles. The number of fused-ring (bicyclic) bond motifs is 1. The van der Waals surface area contributed by atoms with Crippen molar-refractivity contribution in [2.75, 3.05) is 0 Å². The van der Waals surface area contributed by atoms with Gasteiger partial charge in [-0.2, -0.15) is 5.10 Å². The highest BCUT2D eigenvalue weighted by Gasteiger charge is 2.05. The zero-order valence-electron chi connectivity index (χ0n) is 9.07. The first-order valence-corrected chi connectivity index (χ1v) is 5.34. The molecule has 2 heteroatoms. The van der Waals surface area contributed by atoms with Gasteiger partial charge in [0.15, 0.2) is 0 Å². The van der Waals surface area contributed by atoms with E-state index in [1.807, 2.05) is 12.3 Å². The highest BCUT2D eigenvalue weighted by atomic mass is 15.1. The minimum Gasteiger partial charge on any atom is -0.277 e. The number of benzene rings is 2. The molecular weight excluding hydrogens is 196 g/mol. The Morgan fingerprint density at radius 3 is 2.69 bits per heavy atom. The molecule has 0 atom stereocenters. The molecule has 0 amide bonds. The molecule has 3 rings (SSSR count). The molecule has 3 aromatic rings. The Morgan fingerprint density at radius 1 is 1.06 bits per heavy atom. The van der Waals surface area contributed by atoms with E-state index in [4.69, 9.17) is 0 Å². The van der Waals surface area contributed by atoms with Gasteiger partial charge in [0.1, 0.15) is 0 Å². The summed E-state index contributed by atoms with van der Waals surface area (Å²) in [6.45, 7) is 2.11. The third-order valence-corrected chi connectivity index (χ3v) is 2.78. The van der Waals surface area contributed by atoms with Gasteiger partial charge in [-0.1, -0.05) is 30.3 Å². The topological polar surface area (TPSA) is 28.7 Å². The summed E-state index contributed by atoms with van der Waals surface area (Å²) in [6, 6.07) is 14.7. The standard InChI is InChI=1S/C14H12N2/c1-10-7-12-9-15-16-14(12)13(8-10)11-5-3-2-4-6-11/h2-9H,1H3,(H,15,16). The molecule has 0 spiro atoms. The van der Waals surface area contributed by atoms with E-state index in [-0.39, 0.29) is 0 Å². The van der Waals surface area contributed by atoms with Crippen molar-refractivity contribution in [3.05, 3.63) is 54.2 Å².